The van der Waals surface area contributed by atoms with Gasteiger partial charge < -0.3 is 9.84 Å². The molecule has 4 aliphatic rings. The van der Waals surface area contributed by atoms with Crippen molar-refractivity contribution in [2.75, 3.05) is 16.9 Å². The first kappa shape index (κ1) is 30.1. The van der Waals surface area contributed by atoms with Crippen molar-refractivity contribution in [1.82, 2.24) is 0 Å². The van der Waals surface area contributed by atoms with E-state index < -0.39 is 45.8 Å². The number of ether oxygens (including phenoxy) is 1. The lowest BCUT2D eigenvalue weighted by Crippen LogP contribution is -2.49. The largest absolute Gasteiger partial charge is 0.504 e. The topological polar surface area (TPSA) is 147 Å². The van der Waals surface area contributed by atoms with Gasteiger partial charge in [-0.25, -0.2) is 4.90 Å². The molecular weight excluding hydrogens is 602 g/mol. The Balaban J connectivity index is 1.31. The molecule has 47 heavy (non-hydrogen) atoms. The summed E-state index contributed by atoms with van der Waals surface area (Å²) in [5.74, 6) is -4.52. The fraction of sp³-hybridized carbons (Fsp3) is 0.278. The van der Waals surface area contributed by atoms with Gasteiger partial charge in [-0.05, 0) is 67.6 Å². The molecule has 238 valence electrons. The van der Waals surface area contributed by atoms with Crippen LogP contribution in [0.1, 0.15) is 25.3 Å². The molecule has 0 unspecified atom stereocenters. The number of non-ortho nitro benzene ring substituents is 1. The van der Waals surface area contributed by atoms with Gasteiger partial charge in [0, 0.05) is 18.1 Å². The number of carbonyl (C=O) groups is 4. The molecule has 0 spiro atoms. The number of fused-ring (bicyclic) bond motifs is 4. The molecule has 11 heteroatoms. The van der Waals surface area contributed by atoms with E-state index in [1.54, 1.807) is 49.4 Å². The summed E-state index contributed by atoms with van der Waals surface area (Å²) in [5.41, 5.74) is 0.912. The normalized spacial score (nSPS) is 28.3. The number of hydrogen-bond acceptors (Lipinski definition) is 8. The number of benzene rings is 3. The maximum atomic E-state index is 14.4. The van der Waals surface area contributed by atoms with Gasteiger partial charge in [0.05, 0.1) is 46.6 Å². The van der Waals surface area contributed by atoms with Gasteiger partial charge in [0.25, 0.3) is 5.69 Å². The summed E-state index contributed by atoms with van der Waals surface area (Å²) < 4.78 is 5.27. The van der Waals surface area contributed by atoms with E-state index in [-0.39, 0.29) is 53.4 Å². The zero-order valence-corrected chi connectivity index (χ0v) is 25.6. The number of methoxy groups -OCH3 is 1. The third-order valence-electron chi connectivity index (χ3n) is 10.4. The molecule has 1 saturated carbocycles. The summed E-state index contributed by atoms with van der Waals surface area (Å²) in [6, 6.07) is 18.9. The fourth-order valence-corrected chi connectivity index (χ4v) is 8.02. The Labute approximate surface area is 269 Å². The molecule has 11 nitrogen and oxygen atoms in total. The second-order valence-electron chi connectivity index (χ2n) is 12.6. The summed E-state index contributed by atoms with van der Waals surface area (Å²) in [4.78, 5) is 69.4. The highest BCUT2D eigenvalue weighted by Crippen LogP contribution is 2.61. The van der Waals surface area contributed by atoms with E-state index in [1.807, 2.05) is 18.2 Å². The summed E-state index contributed by atoms with van der Waals surface area (Å²) in [5, 5.41) is 21.3. The van der Waals surface area contributed by atoms with Crippen molar-refractivity contribution in [3.63, 3.8) is 0 Å². The molecule has 2 heterocycles. The van der Waals surface area contributed by atoms with Crippen molar-refractivity contribution in [2.24, 2.45) is 35.0 Å². The van der Waals surface area contributed by atoms with Gasteiger partial charge in [-0.3, -0.25) is 34.2 Å². The van der Waals surface area contributed by atoms with Crippen molar-refractivity contribution >= 4 is 46.8 Å². The third-order valence-corrected chi connectivity index (χ3v) is 10.4. The predicted molar refractivity (Wildman–Crippen MR) is 171 cm³/mol. The number of phenols is 1. The van der Waals surface area contributed by atoms with Gasteiger partial charge in [0.15, 0.2) is 11.5 Å². The van der Waals surface area contributed by atoms with Crippen molar-refractivity contribution in [2.45, 2.75) is 19.8 Å². The summed E-state index contributed by atoms with van der Waals surface area (Å²) in [6.07, 6.45) is 6.13. The maximum Gasteiger partial charge on any atom is 0.269 e. The summed E-state index contributed by atoms with van der Waals surface area (Å²) in [6.45, 7) is 1.81. The van der Waals surface area contributed by atoms with Crippen molar-refractivity contribution in [1.29, 1.82) is 0 Å². The van der Waals surface area contributed by atoms with E-state index in [9.17, 15) is 34.4 Å². The van der Waals surface area contributed by atoms with E-state index in [1.165, 1.54) is 42.3 Å². The van der Waals surface area contributed by atoms with Crippen LogP contribution >= 0.6 is 0 Å². The lowest BCUT2D eigenvalue weighted by Gasteiger charge is -2.47. The number of rotatable bonds is 6. The fourth-order valence-electron chi connectivity index (χ4n) is 8.02. The van der Waals surface area contributed by atoms with E-state index in [0.29, 0.717) is 11.3 Å². The number of anilines is 2. The summed E-state index contributed by atoms with van der Waals surface area (Å²) >= 11 is 0. The Bertz CT molecular complexity index is 1900. The quantitative estimate of drug-likeness (QED) is 0.167. The van der Waals surface area contributed by atoms with Crippen LogP contribution in [0.2, 0.25) is 0 Å². The van der Waals surface area contributed by atoms with Crippen molar-refractivity contribution < 1.29 is 33.9 Å². The Morgan fingerprint density at radius 1 is 0.915 bits per heavy atom. The van der Waals surface area contributed by atoms with Gasteiger partial charge in [0.1, 0.15) is 0 Å². The maximum absolute atomic E-state index is 14.4. The Morgan fingerprint density at radius 3 is 2.30 bits per heavy atom. The average molecular weight is 634 g/mol. The number of phenolic OH excluding ortho intramolecular Hbond substituents is 1. The van der Waals surface area contributed by atoms with Crippen LogP contribution in [-0.2, 0) is 19.2 Å². The molecule has 7 rings (SSSR count). The molecule has 0 radical (unpaired) electrons. The lowest BCUT2D eigenvalue weighted by molar-refractivity contribution is -0.384. The lowest BCUT2D eigenvalue weighted by atomic mass is 9.52. The number of imide groups is 2. The number of nitro groups is 1. The van der Waals surface area contributed by atoms with Gasteiger partial charge in [-0.1, -0.05) is 48.1 Å². The van der Waals surface area contributed by atoms with Crippen LogP contribution in [0.15, 0.2) is 90.5 Å². The molecule has 2 aliphatic carbocycles. The number of nitro benzene ring substituents is 1. The Morgan fingerprint density at radius 2 is 1.62 bits per heavy atom. The van der Waals surface area contributed by atoms with E-state index in [0.717, 1.165) is 10.5 Å². The highest BCUT2D eigenvalue weighted by Gasteiger charge is 2.66. The molecule has 0 bridgehead atoms. The van der Waals surface area contributed by atoms with Crippen LogP contribution in [0.3, 0.4) is 0 Å². The minimum Gasteiger partial charge on any atom is -0.504 e. The molecule has 4 amide bonds. The predicted octanol–water partition coefficient (Wildman–Crippen LogP) is 5.29. The van der Waals surface area contributed by atoms with Gasteiger partial charge in [-0.2, -0.15) is 0 Å². The summed E-state index contributed by atoms with van der Waals surface area (Å²) in [7, 11) is 1.45. The standard InChI is InChI=1S/C36H31N3O8/c1-36-27(16-8-20-9-17-29(40)30(18-20)47-2)24-14-15-25-31(34(43)37(32(25)41)22-10-12-23(13-11-22)39(45)46)26(24)19-28(36)33(42)38(35(36)44)21-6-4-3-5-7-21/h3-14,16-18,25-28,31,40H,15,19H2,1-2H3/t25-,26+,27-,28-,31-,36-/m0/s1. The van der Waals surface area contributed by atoms with Crippen molar-refractivity contribution in [3.8, 4) is 11.5 Å². The molecule has 0 aromatic heterocycles. The number of nitrogens with zero attached hydrogens (tertiary/aromatic N) is 3. The number of aromatic hydroxyl groups is 1. The highest BCUT2D eigenvalue weighted by atomic mass is 16.6. The zero-order valence-electron chi connectivity index (χ0n) is 25.6. The molecule has 2 saturated heterocycles. The minimum atomic E-state index is -1.18. The number of allylic oxidation sites excluding steroid dienone is 3. The SMILES string of the molecule is COc1cc(C=C[C@H]2C3=CC[C@@H]4C(=O)N(c5ccc([N+](=O)[O-])cc5)C(=O)[C@@H]4[C@@H]3C[C@H]3C(=O)N(c4ccccc4)C(=O)[C@@]23C)ccc1O. The van der Waals surface area contributed by atoms with Crippen LogP contribution in [0.4, 0.5) is 17.1 Å². The third kappa shape index (κ3) is 4.48. The van der Waals surface area contributed by atoms with E-state index in [2.05, 4.69) is 0 Å². The first-order valence-corrected chi connectivity index (χ1v) is 15.4. The second kappa shape index (κ2) is 11.0. The van der Waals surface area contributed by atoms with Crippen LogP contribution in [0.25, 0.3) is 6.08 Å². The smallest absolute Gasteiger partial charge is 0.269 e. The van der Waals surface area contributed by atoms with E-state index in [4.69, 9.17) is 4.74 Å². The Kier molecular flexibility index (Phi) is 7.07. The van der Waals surface area contributed by atoms with Gasteiger partial charge in [-0.15, -0.1) is 0 Å². The molecule has 2 aliphatic heterocycles. The molecular formula is C36H31N3O8. The number of para-hydroxylation sites is 1. The first-order valence-electron chi connectivity index (χ1n) is 15.4. The second-order valence-corrected chi connectivity index (χ2v) is 12.6. The number of amides is 4. The minimum absolute atomic E-state index is 0.0208. The van der Waals surface area contributed by atoms with Crippen molar-refractivity contribution in [3.05, 3.63) is 106 Å². The molecule has 3 aromatic rings. The number of hydrogen-bond donors (Lipinski definition) is 1. The van der Waals surface area contributed by atoms with Crippen LogP contribution < -0.4 is 14.5 Å². The first-order chi connectivity index (χ1) is 22.6. The van der Waals surface area contributed by atoms with E-state index >= 15 is 0 Å². The average Bonchev–Trinajstić information content (AvgIpc) is 3.44. The number of carbonyl (C=O) groups excluding carboxylic acids is 4. The monoisotopic (exact) mass is 633 g/mol. The molecule has 1 N–H and O–H groups in total. The molecule has 6 atom stereocenters. The van der Waals surface area contributed by atoms with Gasteiger partial charge >= 0.3 is 0 Å². The zero-order chi connectivity index (χ0) is 33.2. The van der Waals surface area contributed by atoms with Crippen LogP contribution in [0, 0.1) is 45.1 Å². The highest BCUT2D eigenvalue weighted by molar-refractivity contribution is 6.25. The van der Waals surface area contributed by atoms with Gasteiger partial charge in [0.2, 0.25) is 23.6 Å². The van der Waals surface area contributed by atoms with Crippen LogP contribution in [-0.4, -0.2) is 40.8 Å². The molecule has 3 fully saturated rings. The molecule has 3 aromatic carbocycles. The Hall–Kier alpha value is -5.58. The van der Waals surface area contributed by atoms with Crippen LogP contribution in [0.5, 0.6) is 11.5 Å².